The molecular formula is C56H41N. The molecule has 0 radical (unpaired) electrons. The molecule has 4 aliphatic rings. The van der Waals surface area contributed by atoms with Gasteiger partial charge in [0, 0.05) is 28.4 Å². The van der Waals surface area contributed by atoms with Crippen LogP contribution in [0.3, 0.4) is 0 Å². The Morgan fingerprint density at radius 2 is 0.737 bits per heavy atom. The molecular weight excluding hydrogens is 687 g/mol. The molecule has 270 valence electrons. The van der Waals surface area contributed by atoms with Crippen molar-refractivity contribution in [2.75, 3.05) is 0 Å². The first-order chi connectivity index (χ1) is 28.3. The third-order valence-corrected chi connectivity index (χ3v) is 14.3. The molecule has 0 aliphatic heterocycles. The van der Waals surface area contributed by atoms with Crippen LogP contribution in [-0.2, 0) is 17.4 Å². The van der Waals surface area contributed by atoms with E-state index in [2.05, 4.69) is 181 Å². The smallest absolute Gasteiger partial charge is 0.0725 e. The molecule has 0 N–H and O–H groups in total. The van der Waals surface area contributed by atoms with Crippen molar-refractivity contribution in [2.24, 2.45) is 0 Å². The van der Waals surface area contributed by atoms with Gasteiger partial charge in [-0.05, 0) is 120 Å². The Hall–Kier alpha value is -6.44. The fourth-order valence-corrected chi connectivity index (χ4v) is 12.2. The van der Waals surface area contributed by atoms with E-state index in [-0.39, 0.29) is 10.8 Å². The zero-order valence-corrected chi connectivity index (χ0v) is 32.1. The molecule has 0 unspecified atom stereocenters. The van der Waals surface area contributed by atoms with Crippen LogP contribution in [0.15, 0.2) is 170 Å². The minimum atomic E-state index is -0.373. The summed E-state index contributed by atoms with van der Waals surface area (Å²) in [7, 11) is 0. The van der Waals surface area contributed by atoms with Crippen molar-refractivity contribution in [3.63, 3.8) is 0 Å². The molecule has 0 atom stereocenters. The Kier molecular flexibility index (Phi) is 6.31. The third kappa shape index (κ3) is 3.72. The number of benzene rings is 8. The zero-order valence-electron chi connectivity index (χ0n) is 32.1. The Morgan fingerprint density at radius 1 is 0.368 bits per heavy atom. The van der Waals surface area contributed by atoms with E-state index in [0.717, 1.165) is 6.54 Å². The maximum Gasteiger partial charge on any atom is 0.0725 e. The highest BCUT2D eigenvalue weighted by Crippen LogP contribution is 2.66. The molecule has 1 aromatic heterocycles. The van der Waals surface area contributed by atoms with Gasteiger partial charge in [0.15, 0.2) is 0 Å². The predicted octanol–water partition coefficient (Wildman–Crippen LogP) is 14.1. The van der Waals surface area contributed by atoms with Gasteiger partial charge < -0.3 is 4.57 Å². The number of hydrogen-bond acceptors (Lipinski definition) is 0. The molecule has 0 spiro atoms. The summed E-state index contributed by atoms with van der Waals surface area (Å²) in [6.45, 7) is 3.33. The Labute approximate surface area is 333 Å². The van der Waals surface area contributed by atoms with Gasteiger partial charge in [-0.2, -0.15) is 0 Å². The van der Waals surface area contributed by atoms with Crippen molar-refractivity contribution in [3.8, 4) is 44.5 Å². The number of aromatic nitrogens is 1. The van der Waals surface area contributed by atoms with E-state index in [1.165, 1.54) is 137 Å². The van der Waals surface area contributed by atoms with Crippen molar-refractivity contribution in [3.05, 3.63) is 214 Å². The van der Waals surface area contributed by atoms with Crippen LogP contribution in [0.1, 0.15) is 77.1 Å². The van der Waals surface area contributed by atoms with Gasteiger partial charge in [-0.25, -0.2) is 0 Å². The van der Waals surface area contributed by atoms with Crippen molar-refractivity contribution >= 4 is 21.8 Å². The van der Waals surface area contributed by atoms with Crippen molar-refractivity contribution in [1.82, 2.24) is 4.57 Å². The van der Waals surface area contributed by atoms with Crippen molar-refractivity contribution in [2.45, 2.75) is 50.0 Å². The highest BCUT2D eigenvalue weighted by Gasteiger charge is 2.54. The topological polar surface area (TPSA) is 4.93 Å². The first-order valence-electron chi connectivity index (χ1n) is 21.0. The van der Waals surface area contributed by atoms with Crippen LogP contribution < -0.4 is 0 Å². The SMILES string of the molecule is CCCCCCn1c2ccc(C34c5ccccc5-c5cccc(c53)-c3ccccc34)cc2c2cc(C34c5ccccc5-c5cccc(c53)-c3ccccc34)ccc21. The Bertz CT molecular complexity index is 2850. The van der Waals surface area contributed by atoms with Crippen LogP contribution in [0.25, 0.3) is 66.3 Å². The van der Waals surface area contributed by atoms with E-state index < -0.39 is 0 Å². The summed E-state index contributed by atoms with van der Waals surface area (Å²) < 4.78 is 2.64. The molecule has 13 rings (SSSR count). The fourth-order valence-electron chi connectivity index (χ4n) is 12.2. The Morgan fingerprint density at radius 3 is 1.12 bits per heavy atom. The van der Waals surface area contributed by atoms with Crippen LogP contribution in [0, 0.1) is 0 Å². The lowest BCUT2D eigenvalue weighted by molar-refractivity contribution is 0.602. The number of unbranched alkanes of at least 4 members (excludes halogenated alkanes) is 3. The standard InChI is InChI=1S/C56H41N/c1-2-3-4-13-32-57-51-30-28-35(55-47-24-9-5-16-37(47)41-20-14-21-42(53(41)55)38-17-6-10-25-48(38)55)33-45(51)46-34-36(29-31-52(46)57)56-49-26-11-7-18-39(49)43-22-15-23-44(54(43)56)40-19-8-12-27-50(40)56/h5-12,14-31,33-34H,2-4,13,32H2,1H3. The third-order valence-electron chi connectivity index (χ3n) is 14.3. The van der Waals surface area contributed by atoms with E-state index in [0.29, 0.717) is 0 Å². The second-order valence-corrected chi connectivity index (χ2v) is 16.8. The zero-order chi connectivity index (χ0) is 37.5. The van der Waals surface area contributed by atoms with Crippen LogP contribution in [0.4, 0.5) is 0 Å². The van der Waals surface area contributed by atoms with Crippen LogP contribution in [0.5, 0.6) is 0 Å². The number of hydrogen-bond donors (Lipinski definition) is 0. The second kappa shape index (κ2) is 11.3. The van der Waals surface area contributed by atoms with Crippen LogP contribution in [-0.4, -0.2) is 4.57 Å². The molecule has 0 fully saturated rings. The average Bonchev–Trinajstić information content (AvgIpc) is 4.03. The van der Waals surface area contributed by atoms with Gasteiger partial charge >= 0.3 is 0 Å². The van der Waals surface area contributed by atoms with Gasteiger partial charge in [-0.3, -0.25) is 0 Å². The summed E-state index contributed by atoms with van der Waals surface area (Å²) in [5.41, 5.74) is 24.0. The first kappa shape index (κ1) is 31.7. The number of fused-ring (bicyclic) bond motifs is 15. The minimum Gasteiger partial charge on any atom is -0.340 e. The molecule has 57 heavy (non-hydrogen) atoms. The first-order valence-corrected chi connectivity index (χ1v) is 21.0. The number of rotatable bonds is 7. The predicted molar refractivity (Wildman–Crippen MR) is 236 cm³/mol. The molecule has 9 aromatic rings. The van der Waals surface area contributed by atoms with Gasteiger partial charge in [0.05, 0.1) is 10.8 Å². The van der Waals surface area contributed by atoms with Crippen LogP contribution in [0.2, 0.25) is 0 Å². The molecule has 8 aromatic carbocycles. The fraction of sp³-hybridized carbons (Fsp3) is 0.143. The molecule has 0 bridgehead atoms. The summed E-state index contributed by atoms with van der Waals surface area (Å²) >= 11 is 0. The average molecular weight is 728 g/mol. The normalized spacial score (nSPS) is 15.0. The molecule has 1 heteroatoms. The Balaban J connectivity index is 1.12. The quantitative estimate of drug-likeness (QED) is 0.144. The largest absolute Gasteiger partial charge is 0.340 e. The highest BCUT2D eigenvalue weighted by atomic mass is 15.0. The summed E-state index contributed by atoms with van der Waals surface area (Å²) in [5, 5.41) is 2.70. The molecule has 0 saturated carbocycles. The summed E-state index contributed by atoms with van der Waals surface area (Å²) in [6, 6.07) is 65.7. The van der Waals surface area contributed by atoms with Gasteiger partial charge in [0.2, 0.25) is 0 Å². The molecule has 1 heterocycles. The lowest BCUT2D eigenvalue weighted by Gasteiger charge is -2.31. The number of nitrogens with zero attached hydrogens (tertiary/aromatic N) is 1. The maximum atomic E-state index is 2.64. The summed E-state index contributed by atoms with van der Waals surface area (Å²) in [4.78, 5) is 0. The molecule has 1 nitrogen and oxygen atoms in total. The lowest BCUT2D eigenvalue weighted by Crippen LogP contribution is -2.26. The summed E-state index contributed by atoms with van der Waals surface area (Å²) in [5.74, 6) is 0. The molecule has 0 amide bonds. The van der Waals surface area contributed by atoms with E-state index in [1.54, 1.807) is 0 Å². The highest BCUT2D eigenvalue weighted by molar-refractivity contribution is 6.10. The van der Waals surface area contributed by atoms with Gasteiger partial charge in [0.1, 0.15) is 0 Å². The molecule has 4 aliphatic carbocycles. The lowest BCUT2D eigenvalue weighted by atomic mass is 9.69. The monoisotopic (exact) mass is 727 g/mol. The van der Waals surface area contributed by atoms with Gasteiger partial charge in [0.25, 0.3) is 0 Å². The molecule has 0 saturated heterocycles. The van der Waals surface area contributed by atoms with Crippen molar-refractivity contribution < 1.29 is 0 Å². The maximum absolute atomic E-state index is 2.64. The van der Waals surface area contributed by atoms with Crippen molar-refractivity contribution in [1.29, 1.82) is 0 Å². The van der Waals surface area contributed by atoms with E-state index in [1.807, 2.05) is 0 Å². The van der Waals surface area contributed by atoms with E-state index in [4.69, 9.17) is 0 Å². The van der Waals surface area contributed by atoms with E-state index >= 15 is 0 Å². The van der Waals surface area contributed by atoms with Gasteiger partial charge in [-0.1, -0.05) is 172 Å². The number of aryl methyl sites for hydroxylation is 1. The summed E-state index contributed by atoms with van der Waals surface area (Å²) in [6.07, 6.45) is 4.94. The van der Waals surface area contributed by atoms with Gasteiger partial charge in [-0.15, -0.1) is 0 Å². The van der Waals surface area contributed by atoms with E-state index in [9.17, 15) is 0 Å². The second-order valence-electron chi connectivity index (χ2n) is 16.8. The minimum absolute atomic E-state index is 0.373. The van der Waals surface area contributed by atoms with Crippen LogP contribution >= 0.6 is 0 Å².